The second-order valence-electron chi connectivity index (χ2n) is 11.3. The van der Waals surface area contributed by atoms with E-state index in [4.69, 9.17) is 4.74 Å². The van der Waals surface area contributed by atoms with Crippen molar-refractivity contribution in [3.05, 3.63) is 84.1 Å². The van der Waals surface area contributed by atoms with Crippen LogP contribution >= 0.6 is 0 Å². The highest BCUT2D eigenvalue weighted by Gasteiger charge is 2.45. The number of piperidine rings is 2. The molecule has 234 valence electrons. The Morgan fingerprint density at radius 3 is 2.60 bits per heavy atom. The second-order valence-corrected chi connectivity index (χ2v) is 11.3. The Labute approximate surface area is 260 Å². The van der Waals surface area contributed by atoms with E-state index < -0.39 is 17.6 Å². The van der Waals surface area contributed by atoms with Crippen molar-refractivity contribution in [2.45, 2.75) is 52.0 Å². The molecule has 1 saturated carbocycles. The van der Waals surface area contributed by atoms with Crippen molar-refractivity contribution in [3.63, 3.8) is 0 Å². The van der Waals surface area contributed by atoms with Crippen LogP contribution in [0.25, 0.3) is 16.6 Å². The van der Waals surface area contributed by atoms with Gasteiger partial charge in [-0.05, 0) is 85.5 Å². The number of imidazole rings is 1. The van der Waals surface area contributed by atoms with Crippen molar-refractivity contribution >= 4 is 34.0 Å². The lowest BCUT2D eigenvalue weighted by molar-refractivity contribution is -0.138. The number of aromatic nitrogens is 5. The maximum absolute atomic E-state index is 12.7. The number of fused-ring (bicyclic) bond motifs is 5. The number of benzene rings is 2. The van der Waals surface area contributed by atoms with Crippen LogP contribution in [0.5, 0.6) is 11.5 Å². The van der Waals surface area contributed by atoms with Gasteiger partial charge in [0.1, 0.15) is 23.3 Å². The van der Waals surface area contributed by atoms with E-state index in [1.807, 2.05) is 79.5 Å². The Bertz CT molecular complexity index is 1910. The predicted molar refractivity (Wildman–Crippen MR) is 170 cm³/mol. The van der Waals surface area contributed by atoms with Crippen LogP contribution in [0.2, 0.25) is 0 Å². The molecule has 1 amide bonds. The van der Waals surface area contributed by atoms with E-state index >= 15 is 0 Å². The predicted octanol–water partition coefficient (Wildman–Crippen LogP) is 6.42. The van der Waals surface area contributed by atoms with Gasteiger partial charge in [0.15, 0.2) is 5.82 Å². The monoisotopic (exact) mass is 611 g/mol. The van der Waals surface area contributed by atoms with E-state index in [-0.39, 0.29) is 17.9 Å². The van der Waals surface area contributed by atoms with Crippen LogP contribution in [-0.2, 0) is 11.8 Å². The minimum Gasteiger partial charge on any atom is -0.498 e. The van der Waals surface area contributed by atoms with E-state index in [0.29, 0.717) is 24.5 Å². The highest BCUT2D eigenvalue weighted by molar-refractivity contribution is 5.91. The van der Waals surface area contributed by atoms with Crippen molar-refractivity contribution in [2.75, 3.05) is 11.9 Å². The van der Waals surface area contributed by atoms with Gasteiger partial charge in [-0.3, -0.25) is 4.79 Å². The van der Waals surface area contributed by atoms with Crippen molar-refractivity contribution in [1.29, 1.82) is 0 Å². The smallest absolute Gasteiger partial charge is 0.324 e. The molecule has 3 unspecified atom stereocenters. The molecular weight excluding hydrogens is 574 g/mol. The fourth-order valence-corrected chi connectivity index (χ4v) is 6.63. The lowest BCUT2D eigenvalue weighted by Crippen LogP contribution is -2.54. The van der Waals surface area contributed by atoms with Gasteiger partial charge < -0.3 is 34.8 Å². The number of ether oxygens (including phenoxy) is 1. The number of nitrogens with one attached hydrogen (secondary N) is 1. The van der Waals surface area contributed by atoms with Crippen molar-refractivity contribution in [3.8, 4) is 11.5 Å². The van der Waals surface area contributed by atoms with Crippen molar-refractivity contribution in [1.82, 2.24) is 29.0 Å². The number of aliphatic hydroxyl groups excluding tert-OH is 2. The Morgan fingerprint density at radius 1 is 1.04 bits per heavy atom. The number of carbonyl (C=O) groups is 1. The van der Waals surface area contributed by atoms with Crippen LogP contribution in [0, 0.1) is 12.8 Å². The molecule has 0 radical (unpaired) electrons. The van der Waals surface area contributed by atoms with Gasteiger partial charge >= 0.3 is 5.95 Å². The minimum absolute atomic E-state index is 0.117. The van der Waals surface area contributed by atoms with E-state index in [0.717, 1.165) is 52.0 Å². The number of aliphatic hydroxyl groups is 3. The van der Waals surface area contributed by atoms with E-state index in [9.17, 15) is 20.1 Å². The third-order valence-electron chi connectivity index (χ3n) is 8.76. The summed E-state index contributed by atoms with van der Waals surface area (Å²) >= 11 is 0. The normalized spacial score (nSPS) is 18.8. The number of anilines is 2. The summed E-state index contributed by atoms with van der Waals surface area (Å²) in [6.07, 6.45) is 7.63. The highest BCUT2D eigenvalue weighted by Crippen LogP contribution is 2.47. The lowest BCUT2D eigenvalue weighted by Gasteiger charge is -2.49. The third-order valence-corrected chi connectivity index (χ3v) is 8.76. The standard InChI is InChI=1S/C31H31N7O5.C2H6/c1-17-11-19(4-8-26(17)43-21-6-7-25-24(13-21)33-16-36(25)2)35-29-27-22(9-10-38(27)34-15-32-29)23-12-20-5-3-18(23)14-37(20)30(40)28(39)31(41)42;1-2/h4,6-11,13,15-16,18,20,23,39,41-42H,3,5,12,14H2,1-2H3,(H,32,34,35);1-2H3. The third kappa shape index (κ3) is 5.47. The van der Waals surface area contributed by atoms with Crippen LogP contribution in [0.1, 0.15) is 50.2 Å². The average Bonchev–Trinajstić information content (AvgIpc) is 3.66. The highest BCUT2D eigenvalue weighted by atomic mass is 16.5. The Hall–Kier alpha value is -5.26. The first-order valence-corrected chi connectivity index (χ1v) is 15.2. The van der Waals surface area contributed by atoms with Crippen LogP contribution in [-0.4, -0.2) is 62.9 Å². The molecule has 5 heterocycles. The lowest BCUT2D eigenvalue weighted by atomic mass is 9.69. The summed E-state index contributed by atoms with van der Waals surface area (Å²) in [4.78, 5) is 23.2. The minimum atomic E-state index is -1.35. The summed E-state index contributed by atoms with van der Waals surface area (Å²) in [5.74, 6) is -0.691. The molecule has 5 aromatic rings. The Kier molecular flexibility index (Phi) is 7.96. The fraction of sp³-hybridized carbons (Fsp3) is 0.333. The summed E-state index contributed by atoms with van der Waals surface area (Å²) in [6.45, 7) is 6.42. The largest absolute Gasteiger partial charge is 0.498 e. The topological polar surface area (TPSA) is 150 Å². The second kappa shape index (κ2) is 12.0. The maximum Gasteiger partial charge on any atom is 0.324 e. The average molecular weight is 612 g/mol. The molecule has 12 heteroatoms. The summed E-state index contributed by atoms with van der Waals surface area (Å²) in [6, 6.07) is 13.7. The van der Waals surface area contributed by atoms with Gasteiger partial charge in [0.2, 0.25) is 0 Å². The zero-order valence-corrected chi connectivity index (χ0v) is 25.7. The number of rotatable bonds is 6. The molecule has 3 atom stereocenters. The molecule has 45 heavy (non-hydrogen) atoms. The summed E-state index contributed by atoms with van der Waals surface area (Å²) in [7, 11) is 1.96. The zero-order chi connectivity index (χ0) is 31.8. The quantitative estimate of drug-likeness (QED) is 0.126. The van der Waals surface area contributed by atoms with Gasteiger partial charge in [-0.25, -0.2) is 14.5 Å². The van der Waals surface area contributed by atoms with Crippen LogP contribution in [0.4, 0.5) is 11.5 Å². The fourth-order valence-electron chi connectivity index (χ4n) is 6.63. The summed E-state index contributed by atoms with van der Waals surface area (Å²) in [5.41, 5.74) is 5.68. The molecule has 2 bridgehead atoms. The van der Waals surface area contributed by atoms with Gasteiger partial charge in [-0.1, -0.05) is 13.8 Å². The molecule has 2 saturated heterocycles. The number of nitrogens with zero attached hydrogens (tertiary/aromatic N) is 6. The van der Waals surface area contributed by atoms with Crippen molar-refractivity contribution in [2.24, 2.45) is 13.0 Å². The summed E-state index contributed by atoms with van der Waals surface area (Å²) < 4.78 is 9.97. The van der Waals surface area contributed by atoms with E-state index in [1.54, 1.807) is 11.2 Å². The number of amides is 1. The molecular formula is C33H37N7O5. The molecule has 3 aliphatic rings. The Balaban J connectivity index is 0.00000175. The van der Waals surface area contributed by atoms with E-state index in [2.05, 4.69) is 26.4 Å². The van der Waals surface area contributed by atoms with Crippen molar-refractivity contribution < 1.29 is 24.9 Å². The number of aryl methyl sites for hydroxylation is 2. The maximum atomic E-state index is 12.7. The number of carbonyl (C=O) groups excluding carboxylic acids is 1. The molecule has 8 rings (SSSR count). The van der Waals surface area contributed by atoms with Gasteiger partial charge in [0, 0.05) is 37.6 Å². The first-order chi connectivity index (χ1) is 21.8. The van der Waals surface area contributed by atoms with Crippen LogP contribution in [0.3, 0.4) is 0 Å². The molecule has 3 fully saturated rings. The van der Waals surface area contributed by atoms with Gasteiger partial charge in [0.05, 0.1) is 17.4 Å². The molecule has 2 aromatic carbocycles. The SMILES string of the molecule is CC.Cc1cc(Nc2ncnn3ccc(C4CC5CCC4CN5C(=O)C(O)=C(O)O)c23)ccc1Oc1ccc2c(c1)ncn2C. The molecule has 1 aliphatic carbocycles. The molecule has 0 spiro atoms. The summed E-state index contributed by atoms with van der Waals surface area (Å²) in [5, 5.41) is 36.1. The zero-order valence-electron chi connectivity index (χ0n) is 25.7. The number of hydrogen-bond acceptors (Lipinski definition) is 9. The van der Waals surface area contributed by atoms with Gasteiger partial charge in [0.25, 0.3) is 11.7 Å². The van der Waals surface area contributed by atoms with Crippen LogP contribution in [0.15, 0.2) is 73.0 Å². The molecule has 12 nitrogen and oxygen atoms in total. The first-order valence-electron chi connectivity index (χ1n) is 15.2. The van der Waals surface area contributed by atoms with Gasteiger partial charge in [-0.15, -0.1) is 0 Å². The van der Waals surface area contributed by atoms with Crippen LogP contribution < -0.4 is 10.1 Å². The van der Waals surface area contributed by atoms with E-state index in [1.165, 1.54) is 6.33 Å². The molecule has 2 aliphatic heterocycles. The van der Waals surface area contributed by atoms with Gasteiger partial charge in [-0.2, -0.15) is 5.10 Å². The number of hydrogen-bond donors (Lipinski definition) is 4. The Morgan fingerprint density at radius 2 is 1.87 bits per heavy atom. The first kappa shape index (κ1) is 29.8. The molecule has 3 aromatic heterocycles. The molecule has 4 N–H and O–H groups in total.